The summed E-state index contributed by atoms with van der Waals surface area (Å²) in [4.78, 5) is 14.0. The molecule has 23 heavy (non-hydrogen) atoms. The number of piperidine rings is 1. The molecule has 6 heteroatoms. The zero-order valence-corrected chi connectivity index (χ0v) is 13.2. The molecule has 0 radical (unpaired) electrons. The predicted octanol–water partition coefficient (Wildman–Crippen LogP) is 3.67. The summed E-state index contributed by atoms with van der Waals surface area (Å²) in [6, 6.07) is 5.26. The molecule has 1 aliphatic rings. The zero-order valence-electron chi connectivity index (χ0n) is 13.2. The van der Waals surface area contributed by atoms with Crippen LogP contribution in [0.1, 0.15) is 37.3 Å². The molecular weight excluding hydrogens is 307 g/mol. The number of halogens is 3. The fourth-order valence-corrected chi connectivity index (χ4v) is 2.81. The molecule has 2 rings (SSSR count). The number of amides is 1. The van der Waals surface area contributed by atoms with Crippen molar-refractivity contribution in [2.75, 3.05) is 19.7 Å². The molecule has 1 fully saturated rings. The van der Waals surface area contributed by atoms with Crippen molar-refractivity contribution in [3.63, 3.8) is 0 Å². The van der Waals surface area contributed by atoms with Crippen LogP contribution in [-0.2, 0) is 22.1 Å². The van der Waals surface area contributed by atoms with E-state index in [2.05, 4.69) is 0 Å². The van der Waals surface area contributed by atoms with Gasteiger partial charge in [-0.05, 0) is 30.9 Å². The lowest BCUT2D eigenvalue weighted by Crippen LogP contribution is -2.44. The number of hydrogen-bond acceptors (Lipinski definition) is 2. The Balaban J connectivity index is 2.02. The van der Waals surface area contributed by atoms with Crippen LogP contribution >= 0.6 is 0 Å². The second kappa shape index (κ2) is 7.81. The van der Waals surface area contributed by atoms with Crippen LogP contribution in [0, 0.1) is 0 Å². The molecular formula is C17H22F3NO2. The SMILES string of the molecule is CCCO[C@H]1CCCN(C(=O)Cc2ccccc2C(F)(F)F)C1. The molecule has 1 atom stereocenters. The van der Waals surface area contributed by atoms with Gasteiger partial charge in [-0.3, -0.25) is 4.79 Å². The Kier molecular flexibility index (Phi) is 6.04. The van der Waals surface area contributed by atoms with Crippen molar-refractivity contribution < 1.29 is 22.7 Å². The van der Waals surface area contributed by atoms with Crippen LogP contribution in [0.5, 0.6) is 0 Å². The Morgan fingerprint density at radius 2 is 2.09 bits per heavy atom. The van der Waals surface area contributed by atoms with E-state index >= 15 is 0 Å². The molecule has 1 heterocycles. The van der Waals surface area contributed by atoms with Gasteiger partial charge in [-0.1, -0.05) is 25.1 Å². The first kappa shape index (κ1) is 17.8. The van der Waals surface area contributed by atoms with Crippen molar-refractivity contribution in [1.82, 2.24) is 4.90 Å². The summed E-state index contributed by atoms with van der Waals surface area (Å²) in [5.74, 6) is -0.272. The maximum Gasteiger partial charge on any atom is 0.416 e. The molecule has 1 amide bonds. The first-order valence-corrected chi connectivity index (χ1v) is 7.96. The van der Waals surface area contributed by atoms with E-state index in [-0.39, 0.29) is 24.0 Å². The normalized spacial score (nSPS) is 19.0. The summed E-state index contributed by atoms with van der Waals surface area (Å²) in [6.45, 7) is 3.70. The van der Waals surface area contributed by atoms with E-state index in [0.29, 0.717) is 19.7 Å². The number of ether oxygens (including phenoxy) is 1. The number of likely N-dealkylation sites (tertiary alicyclic amines) is 1. The molecule has 0 spiro atoms. The highest BCUT2D eigenvalue weighted by atomic mass is 19.4. The lowest BCUT2D eigenvalue weighted by Gasteiger charge is -2.33. The smallest absolute Gasteiger partial charge is 0.376 e. The highest BCUT2D eigenvalue weighted by Crippen LogP contribution is 2.32. The number of rotatable bonds is 5. The molecule has 1 aromatic rings. The van der Waals surface area contributed by atoms with Crippen LogP contribution in [-0.4, -0.2) is 36.6 Å². The van der Waals surface area contributed by atoms with E-state index in [0.717, 1.165) is 25.3 Å². The maximum atomic E-state index is 13.0. The lowest BCUT2D eigenvalue weighted by molar-refractivity contribution is -0.139. The summed E-state index contributed by atoms with van der Waals surface area (Å²) in [7, 11) is 0. The molecule has 1 aromatic carbocycles. The first-order chi connectivity index (χ1) is 10.9. The topological polar surface area (TPSA) is 29.5 Å². The fourth-order valence-electron chi connectivity index (χ4n) is 2.81. The van der Waals surface area contributed by atoms with Crippen LogP contribution in [0.15, 0.2) is 24.3 Å². The van der Waals surface area contributed by atoms with Gasteiger partial charge in [-0.25, -0.2) is 0 Å². The van der Waals surface area contributed by atoms with Crippen LogP contribution in [0.3, 0.4) is 0 Å². The molecule has 0 unspecified atom stereocenters. The minimum Gasteiger partial charge on any atom is -0.376 e. The summed E-state index contributed by atoms with van der Waals surface area (Å²) in [6.07, 6.45) is -2.06. The molecule has 128 valence electrons. The van der Waals surface area contributed by atoms with Crippen molar-refractivity contribution in [2.24, 2.45) is 0 Å². The van der Waals surface area contributed by atoms with E-state index in [1.54, 1.807) is 4.90 Å². The molecule has 1 saturated heterocycles. The van der Waals surface area contributed by atoms with E-state index in [9.17, 15) is 18.0 Å². The third kappa shape index (κ3) is 4.96. The van der Waals surface area contributed by atoms with Gasteiger partial charge in [0.1, 0.15) is 0 Å². The predicted molar refractivity (Wildman–Crippen MR) is 81.0 cm³/mol. The average molecular weight is 329 g/mol. The monoisotopic (exact) mass is 329 g/mol. The van der Waals surface area contributed by atoms with Crippen LogP contribution in [0.25, 0.3) is 0 Å². The van der Waals surface area contributed by atoms with Crippen LogP contribution in [0.2, 0.25) is 0 Å². The Hall–Kier alpha value is -1.56. The quantitative estimate of drug-likeness (QED) is 0.825. The number of nitrogens with zero attached hydrogens (tertiary/aromatic N) is 1. The molecule has 3 nitrogen and oxygen atoms in total. The van der Waals surface area contributed by atoms with Crippen molar-refractivity contribution in [2.45, 2.75) is 44.9 Å². The number of benzene rings is 1. The lowest BCUT2D eigenvalue weighted by atomic mass is 10.0. The summed E-state index contributed by atoms with van der Waals surface area (Å²) in [5, 5.41) is 0. The highest BCUT2D eigenvalue weighted by molar-refractivity contribution is 5.79. The standard InChI is InChI=1S/C17H22F3NO2/c1-2-10-23-14-7-5-9-21(12-14)16(22)11-13-6-3-4-8-15(13)17(18,19)20/h3-4,6,8,14H,2,5,7,9-12H2,1H3/t14-/m0/s1. The summed E-state index contributed by atoms with van der Waals surface area (Å²) >= 11 is 0. The van der Waals surface area contributed by atoms with Crippen molar-refractivity contribution >= 4 is 5.91 Å². The van der Waals surface area contributed by atoms with Gasteiger partial charge in [0.05, 0.1) is 18.1 Å². The van der Waals surface area contributed by atoms with Crippen LogP contribution in [0.4, 0.5) is 13.2 Å². The molecule has 1 aliphatic heterocycles. The van der Waals surface area contributed by atoms with E-state index in [1.165, 1.54) is 18.2 Å². The van der Waals surface area contributed by atoms with Crippen LogP contribution < -0.4 is 0 Å². The number of alkyl halides is 3. The fraction of sp³-hybridized carbons (Fsp3) is 0.588. The Labute approximate surface area is 134 Å². The zero-order chi connectivity index (χ0) is 16.9. The second-order valence-corrected chi connectivity index (χ2v) is 5.81. The third-order valence-corrected chi connectivity index (χ3v) is 3.95. The van der Waals surface area contributed by atoms with Gasteiger partial charge in [-0.15, -0.1) is 0 Å². The van der Waals surface area contributed by atoms with E-state index in [4.69, 9.17) is 4.74 Å². The Morgan fingerprint density at radius 3 is 2.78 bits per heavy atom. The molecule has 0 saturated carbocycles. The van der Waals surface area contributed by atoms with Gasteiger partial charge < -0.3 is 9.64 Å². The Morgan fingerprint density at radius 1 is 1.35 bits per heavy atom. The summed E-state index contributed by atoms with van der Waals surface area (Å²) < 4.78 is 44.7. The number of carbonyl (C=O) groups is 1. The molecule has 0 N–H and O–H groups in total. The third-order valence-electron chi connectivity index (χ3n) is 3.95. The van der Waals surface area contributed by atoms with Crippen molar-refractivity contribution in [3.05, 3.63) is 35.4 Å². The second-order valence-electron chi connectivity index (χ2n) is 5.81. The average Bonchev–Trinajstić information content (AvgIpc) is 2.52. The van der Waals surface area contributed by atoms with Gasteiger partial charge in [0.15, 0.2) is 0 Å². The molecule has 0 bridgehead atoms. The van der Waals surface area contributed by atoms with Gasteiger partial charge in [-0.2, -0.15) is 13.2 Å². The van der Waals surface area contributed by atoms with Gasteiger partial charge in [0.25, 0.3) is 0 Å². The maximum absolute atomic E-state index is 13.0. The van der Waals surface area contributed by atoms with E-state index < -0.39 is 11.7 Å². The minimum atomic E-state index is -4.44. The minimum absolute atomic E-state index is 0.00879. The van der Waals surface area contributed by atoms with Gasteiger partial charge in [0, 0.05) is 19.7 Å². The van der Waals surface area contributed by atoms with Crippen molar-refractivity contribution in [1.29, 1.82) is 0 Å². The molecule has 0 aromatic heterocycles. The Bertz CT molecular complexity index is 531. The van der Waals surface area contributed by atoms with Gasteiger partial charge in [0.2, 0.25) is 5.91 Å². The van der Waals surface area contributed by atoms with E-state index in [1.807, 2.05) is 6.92 Å². The van der Waals surface area contributed by atoms with Crippen molar-refractivity contribution in [3.8, 4) is 0 Å². The largest absolute Gasteiger partial charge is 0.416 e. The van der Waals surface area contributed by atoms with Gasteiger partial charge >= 0.3 is 6.18 Å². The highest BCUT2D eigenvalue weighted by Gasteiger charge is 2.34. The summed E-state index contributed by atoms with van der Waals surface area (Å²) in [5.41, 5.74) is -0.703. The molecule has 0 aliphatic carbocycles. The number of carbonyl (C=O) groups excluding carboxylic acids is 1. The first-order valence-electron chi connectivity index (χ1n) is 7.96. The number of hydrogen-bond donors (Lipinski definition) is 0.